The van der Waals surface area contributed by atoms with Crippen LogP contribution in [0.1, 0.15) is 22.0 Å². The third-order valence-corrected chi connectivity index (χ3v) is 2.59. The van der Waals surface area contributed by atoms with Gasteiger partial charge in [-0.3, -0.25) is 0 Å². The summed E-state index contributed by atoms with van der Waals surface area (Å²) in [6.45, 7) is 0.258. The number of benzene rings is 1. The van der Waals surface area contributed by atoms with Gasteiger partial charge < -0.3 is 19.9 Å². The van der Waals surface area contributed by atoms with Gasteiger partial charge in [-0.15, -0.1) is 0 Å². The number of carbonyl (C=O) groups excluding carboxylic acids is 1. The average Bonchev–Trinajstić information content (AvgIpc) is 2.65. The zero-order valence-electron chi connectivity index (χ0n) is 9.15. The highest BCUT2D eigenvalue weighted by molar-refractivity contribution is 5.98. The van der Waals surface area contributed by atoms with Crippen LogP contribution in [-0.2, 0) is 4.74 Å². The van der Waals surface area contributed by atoms with Crippen molar-refractivity contribution in [2.45, 2.75) is 6.10 Å². The maximum Gasteiger partial charge on any atom is 0.343 e. The van der Waals surface area contributed by atoms with Gasteiger partial charge in [-0.05, 0) is 6.07 Å². The van der Waals surface area contributed by atoms with E-state index in [0.29, 0.717) is 17.1 Å². The van der Waals surface area contributed by atoms with Crippen molar-refractivity contribution in [1.29, 1.82) is 0 Å². The molecule has 5 heteroatoms. The quantitative estimate of drug-likeness (QED) is 0.770. The van der Waals surface area contributed by atoms with E-state index in [9.17, 15) is 4.79 Å². The van der Waals surface area contributed by atoms with E-state index >= 15 is 0 Å². The zero-order chi connectivity index (χ0) is 11.7. The summed E-state index contributed by atoms with van der Waals surface area (Å²) < 4.78 is 15.4. The summed E-state index contributed by atoms with van der Waals surface area (Å²) in [4.78, 5) is 11.7. The third kappa shape index (κ3) is 1.40. The largest absolute Gasteiger partial charge is 0.493 e. The molecule has 1 aliphatic rings. The molecule has 0 aromatic heterocycles. The molecular weight excluding hydrogens is 210 g/mol. The predicted molar refractivity (Wildman–Crippen MR) is 56.8 cm³/mol. The van der Waals surface area contributed by atoms with Gasteiger partial charge in [0.05, 0.1) is 14.2 Å². The Kier molecular flexibility index (Phi) is 2.70. The van der Waals surface area contributed by atoms with Gasteiger partial charge in [-0.2, -0.15) is 0 Å². The number of methoxy groups -OCH3 is 2. The van der Waals surface area contributed by atoms with Crippen LogP contribution in [0.15, 0.2) is 12.1 Å². The van der Waals surface area contributed by atoms with Gasteiger partial charge in [-0.25, -0.2) is 4.79 Å². The molecule has 0 spiro atoms. The van der Waals surface area contributed by atoms with Crippen LogP contribution in [0.2, 0.25) is 0 Å². The molecule has 0 bridgehead atoms. The molecule has 5 nitrogen and oxygen atoms in total. The maximum atomic E-state index is 11.7. The fourth-order valence-electron chi connectivity index (χ4n) is 1.85. The maximum absolute atomic E-state index is 11.7. The Hall–Kier alpha value is -1.75. The van der Waals surface area contributed by atoms with Crippen molar-refractivity contribution in [2.75, 3.05) is 20.8 Å². The van der Waals surface area contributed by atoms with E-state index in [1.54, 1.807) is 12.1 Å². The summed E-state index contributed by atoms with van der Waals surface area (Å²) in [5, 5.41) is 0. The number of hydrogen-bond acceptors (Lipinski definition) is 5. The molecule has 1 unspecified atom stereocenters. The van der Waals surface area contributed by atoms with Crippen molar-refractivity contribution in [3.05, 3.63) is 23.3 Å². The van der Waals surface area contributed by atoms with E-state index < -0.39 is 5.97 Å². The van der Waals surface area contributed by atoms with Gasteiger partial charge in [0, 0.05) is 12.1 Å². The smallest absolute Gasteiger partial charge is 0.343 e. The Morgan fingerprint density at radius 1 is 1.38 bits per heavy atom. The highest BCUT2D eigenvalue weighted by Crippen LogP contribution is 2.41. The first-order valence-electron chi connectivity index (χ1n) is 4.88. The fourth-order valence-corrected chi connectivity index (χ4v) is 1.85. The SMILES string of the molecule is COc1ccc2c(c1OC)C(=O)OC2CN. The number of rotatable bonds is 3. The Balaban J connectivity index is 2.60. The number of hydrogen-bond donors (Lipinski definition) is 1. The van der Waals surface area contributed by atoms with Gasteiger partial charge in [0.2, 0.25) is 0 Å². The van der Waals surface area contributed by atoms with Gasteiger partial charge >= 0.3 is 5.97 Å². The second-order valence-electron chi connectivity index (χ2n) is 3.39. The minimum Gasteiger partial charge on any atom is -0.493 e. The molecule has 1 aromatic carbocycles. The van der Waals surface area contributed by atoms with Gasteiger partial charge in [0.25, 0.3) is 0 Å². The normalized spacial score (nSPS) is 17.9. The lowest BCUT2D eigenvalue weighted by Crippen LogP contribution is -2.11. The Morgan fingerprint density at radius 2 is 2.12 bits per heavy atom. The Morgan fingerprint density at radius 3 is 2.69 bits per heavy atom. The molecule has 0 aliphatic carbocycles. The summed E-state index contributed by atoms with van der Waals surface area (Å²) in [5.41, 5.74) is 6.69. The van der Waals surface area contributed by atoms with Crippen LogP contribution in [0.25, 0.3) is 0 Å². The van der Waals surface area contributed by atoms with Crippen molar-refractivity contribution in [3.63, 3.8) is 0 Å². The molecule has 0 saturated heterocycles. The number of cyclic esters (lactones) is 1. The first-order chi connectivity index (χ1) is 7.72. The van der Waals surface area contributed by atoms with E-state index in [1.165, 1.54) is 14.2 Å². The Bertz CT molecular complexity index is 430. The molecule has 86 valence electrons. The van der Waals surface area contributed by atoms with Crippen molar-refractivity contribution >= 4 is 5.97 Å². The Labute approximate surface area is 93.1 Å². The summed E-state index contributed by atoms with van der Waals surface area (Å²) in [6.07, 6.45) is -0.387. The van der Waals surface area contributed by atoms with Gasteiger partial charge in [0.1, 0.15) is 11.7 Å². The number of esters is 1. The topological polar surface area (TPSA) is 70.8 Å². The van der Waals surface area contributed by atoms with Crippen LogP contribution < -0.4 is 15.2 Å². The number of ether oxygens (including phenoxy) is 3. The lowest BCUT2D eigenvalue weighted by atomic mass is 10.0. The minimum absolute atomic E-state index is 0.258. The first-order valence-corrected chi connectivity index (χ1v) is 4.88. The monoisotopic (exact) mass is 223 g/mol. The third-order valence-electron chi connectivity index (χ3n) is 2.59. The van der Waals surface area contributed by atoms with Crippen molar-refractivity contribution in [3.8, 4) is 11.5 Å². The molecule has 1 atom stereocenters. The van der Waals surface area contributed by atoms with Crippen LogP contribution in [0, 0.1) is 0 Å². The summed E-state index contributed by atoms with van der Waals surface area (Å²) in [7, 11) is 3.01. The van der Waals surface area contributed by atoms with E-state index in [2.05, 4.69) is 0 Å². The molecular formula is C11H13NO4. The van der Waals surface area contributed by atoms with Gasteiger partial charge in [0.15, 0.2) is 11.5 Å². The van der Waals surface area contributed by atoms with Crippen molar-refractivity contribution < 1.29 is 19.0 Å². The van der Waals surface area contributed by atoms with E-state index in [4.69, 9.17) is 19.9 Å². The fraction of sp³-hybridized carbons (Fsp3) is 0.364. The summed E-state index contributed by atoms with van der Waals surface area (Å²) in [6, 6.07) is 3.52. The van der Waals surface area contributed by atoms with Crippen LogP contribution in [-0.4, -0.2) is 26.7 Å². The molecule has 0 radical (unpaired) electrons. The van der Waals surface area contributed by atoms with Crippen molar-refractivity contribution in [2.24, 2.45) is 5.73 Å². The number of carbonyl (C=O) groups is 1. The molecule has 0 fully saturated rings. The molecule has 2 rings (SSSR count). The highest BCUT2D eigenvalue weighted by Gasteiger charge is 2.34. The molecule has 1 aliphatic heterocycles. The average molecular weight is 223 g/mol. The first kappa shape index (κ1) is 10.8. The van der Waals surface area contributed by atoms with Crippen LogP contribution in [0.5, 0.6) is 11.5 Å². The molecule has 1 heterocycles. The molecule has 0 amide bonds. The van der Waals surface area contributed by atoms with E-state index in [1.807, 2.05) is 0 Å². The van der Waals surface area contributed by atoms with Crippen LogP contribution >= 0.6 is 0 Å². The molecule has 0 saturated carbocycles. The summed E-state index contributed by atoms with van der Waals surface area (Å²) >= 11 is 0. The highest BCUT2D eigenvalue weighted by atomic mass is 16.6. The van der Waals surface area contributed by atoms with E-state index in [0.717, 1.165) is 5.56 Å². The number of fused-ring (bicyclic) bond motifs is 1. The van der Waals surface area contributed by atoms with Crippen LogP contribution in [0.3, 0.4) is 0 Å². The van der Waals surface area contributed by atoms with Crippen LogP contribution in [0.4, 0.5) is 0 Å². The molecule has 16 heavy (non-hydrogen) atoms. The predicted octanol–water partition coefficient (Wildman–Crippen LogP) is 0.874. The van der Waals surface area contributed by atoms with E-state index in [-0.39, 0.29) is 12.6 Å². The second kappa shape index (κ2) is 4.02. The van der Waals surface area contributed by atoms with Crippen molar-refractivity contribution in [1.82, 2.24) is 0 Å². The molecule has 1 aromatic rings. The zero-order valence-corrected chi connectivity index (χ0v) is 9.15. The standard InChI is InChI=1S/C11H13NO4/c1-14-7-4-3-6-8(5-12)16-11(13)9(6)10(7)15-2/h3-4,8H,5,12H2,1-2H3. The van der Waals surface area contributed by atoms with Gasteiger partial charge in [-0.1, -0.05) is 6.07 Å². The lowest BCUT2D eigenvalue weighted by Gasteiger charge is -2.10. The lowest BCUT2D eigenvalue weighted by molar-refractivity contribution is 0.0401. The number of nitrogens with two attached hydrogens (primary N) is 1. The minimum atomic E-state index is -0.416. The summed E-state index contributed by atoms with van der Waals surface area (Å²) in [5.74, 6) is 0.498. The molecule has 2 N–H and O–H groups in total. The second-order valence-corrected chi connectivity index (χ2v) is 3.39.